The van der Waals surface area contributed by atoms with Gasteiger partial charge >= 0.3 is 0 Å². The van der Waals surface area contributed by atoms with Crippen LogP contribution in [0.1, 0.15) is 20.3 Å². The number of hydrogen-bond acceptors (Lipinski definition) is 4. The Morgan fingerprint density at radius 2 is 2.16 bits per heavy atom. The monoisotopic (exact) mass is 328 g/mol. The Bertz CT molecular complexity index is 505. The van der Waals surface area contributed by atoms with Crippen LogP contribution in [0.2, 0.25) is 0 Å². The van der Waals surface area contributed by atoms with Crippen molar-refractivity contribution in [2.45, 2.75) is 32.4 Å². The van der Waals surface area contributed by atoms with E-state index in [1.807, 2.05) is 7.05 Å². The van der Waals surface area contributed by atoms with Crippen molar-refractivity contribution < 1.29 is 9.66 Å². The van der Waals surface area contributed by atoms with Gasteiger partial charge in [0.15, 0.2) is 0 Å². The first kappa shape index (κ1) is 14.3. The number of non-ortho nitro benzene ring substituents is 1. The third-order valence-corrected chi connectivity index (χ3v) is 4.33. The number of nitro groups is 1. The SMILES string of the molecule is CNC1CC(Oc2cc(Br)cc([N+](=O)[O-])c2)C1(C)C. The standard InChI is InChI=1S/C13H17BrN2O3/c1-13(2)11(15-3)7-12(13)19-10-5-8(14)4-9(6-10)16(17)18/h4-6,11-12,15H,7H2,1-3H3. The minimum atomic E-state index is -0.417. The summed E-state index contributed by atoms with van der Waals surface area (Å²) in [6.07, 6.45) is 0.975. The molecular weight excluding hydrogens is 312 g/mol. The van der Waals surface area contributed by atoms with E-state index in [0.717, 1.165) is 6.42 Å². The molecule has 0 bridgehead atoms. The van der Waals surface area contributed by atoms with E-state index in [2.05, 4.69) is 35.1 Å². The first-order chi connectivity index (χ1) is 8.84. The van der Waals surface area contributed by atoms with E-state index in [9.17, 15) is 10.1 Å². The van der Waals surface area contributed by atoms with Crippen molar-refractivity contribution in [3.63, 3.8) is 0 Å². The average Bonchev–Trinajstić information content (AvgIpc) is 2.33. The second-order valence-electron chi connectivity index (χ2n) is 5.41. The Labute approximate surface area is 120 Å². The van der Waals surface area contributed by atoms with Crippen LogP contribution in [0.3, 0.4) is 0 Å². The second kappa shape index (κ2) is 5.09. The molecule has 0 saturated heterocycles. The molecule has 0 heterocycles. The minimum Gasteiger partial charge on any atom is -0.489 e. The lowest BCUT2D eigenvalue weighted by atomic mass is 9.64. The maximum absolute atomic E-state index is 10.8. The van der Waals surface area contributed by atoms with Gasteiger partial charge in [0.25, 0.3) is 5.69 Å². The van der Waals surface area contributed by atoms with Crippen LogP contribution in [0.5, 0.6) is 5.75 Å². The van der Waals surface area contributed by atoms with E-state index in [-0.39, 0.29) is 17.2 Å². The van der Waals surface area contributed by atoms with Crippen molar-refractivity contribution >= 4 is 21.6 Å². The van der Waals surface area contributed by atoms with Crippen LogP contribution >= 0.6 is 15.9 Å². The maximum atomic E-state index is 10.8. The van der Waals surface area contributed by atoms with Gasteiger partial charge in [-0.3, -0.25) is 10.1 Å². The molecule has 0 spiro atoms. The Kier molecular flexibility index (Phi) is 3.82. The highest BCUT2D eigenvalue weighted by Gasteiger charge is 2.49. The molecule has 0 aromatic heterocycles. The summed E-state index contributed by atoms with van der Waals surface area (Å²) >= 11 is 3.27. The van der Waals surface area contributed by atoms with Crippen LogP contribution in [-0.4, -0.2) is 24.1 Å². The quantitative estimate of drug-likeness (QED) is 0.681. The summed E-state index contributed by atoms with van der Waals surface area (Å²) in [7, 11) is 1.94. The maximum Gasteiger partial charge on any atom is 0.274 e. The van der Waals surface area contributed by atoms with Gasteiger partial charge in [0.05, 0.1) is 11.0 Å². The fourth-order valence-electron chi connectivity index (χ4n) is 2.46. The number of nitrogens with one attached hydrogen (secondary N) is 1. The average molecular weight is 329 g/mol. The fourth-order valence-corrected chi connectivity index (χ4v) is 2.92. The molecule has 2 atom stereocenters. The van der Waals surface area contributed by atoms with Crippen molar-refractivity contribution in [1.29, 1.82) is 0 Å². The van der Waals surface area contributed by atoms with Crippen molar-refractivity contribution in [2.75, 3.05) is 7.05 Å². The second-order valence-corrected chi connectivity index (χ2v) is 6.32. The van der Waals surface area contributed by atoms with E-state index in [0.29, 0.717) is 16.3 Å². The smallest absolute Gasteiger partial charge is 0.274 e. The molecule has 104 valence electrons. The molecule has 1 aliphatic rings. The molecule has 19 heavy (non-hydrogen) atoms. The van der Waals surface area contributed by atoms with Gasteiger partial charge < -0.3 is 10.1 Å². The third kappa shape index (κ3) is 2.74. The molecule has 1 fully saturated rings. The number of ether oxygens (including phenoxy) is 1. The molecule has 0 aliphatic heterocycles. The summed E-state index contributed by atoms with van der Waals surface area (Å²) in [6.45, 7) is 4.27. The molecule has 1 aliphatic carbocycles. The van der Waals surface area contributed by atoms with Crippen LogP contribution in [-0.2, 0) is 0 Å². The first-order valence-corrected chi connectivity index (χ1v) is 6.93. The molecule has 0 amide bonds. The van der Waals surface area contributed by atoms with Crippen molar-refractivity contribution in [3.05, 3.63) is 32.8 Å². The Morgan fingerprint density at radius 1 is 1.47 bits per heavy atom. The van der Waals surface area contributed by atoms with Gasteiger partial charge in [-0.15, -0.1) is 0 Å². The molecule has 1 N–H and O–H groups in total. The molecule has 0 radical (unpaired) electrons. The minimum absolute atomic E-state index is 0.0197. The lowest BCUT2D eigenvalue weighted by Crippen LogP contribution is -2.61. The summed E-state index contributed by atoms with van der Waals surface area (Å²) in [6, 6.07) is 5.11. The van der Waals surface area contributed by atoms with E-state index < -0.39 is 4.92 Å². The zero-order chi connectivity index (χ0) is 14.2. The van der Waals surface area contributed by atoms with Crippen LogP contribution < -0.4 is 10.1 Å². The molecule has 1 aromatic rings. The Balaban J connectivity index is 2.15. The summed E-state index contributed by atoms with van der Waals surface area (Å²) in [4.78, 5) is 10.4. The largest absolute Gasteiger partial charge is 0.489 e. The van der Waals surface area contributed by atoms with Crippen LogP contribution in [0, 0.1) is 15.5 Å². The molecule has 1 aromatic carbocycles. The van der Waals surface area contributed by atoms with Crippen molar-refractivity contribution in [3.8, 4) is 5.75 Å². The van der Waals surface area contributed by atoms with Gasteiger partial charge in [0.1, 0.15) is 11.9 Å². The predicted octanol–water partition coefficient (Wildman–Crippen LogP) is 3.12. The van der Waals surface area contributed by atoms with Crippen LogP contribution in [0.15, 0.2) is 22.7 Å². The topological polar surface area (TPSA) is 64.4 Å². The lowest BCUT2D eigenvalue weighted by Gasteiger charge is -2.51. The number of halogens is 1. The van der Waals surface area contributed by atoms with Gasteiger partial charge in [-0.1, -0.05) is 29.8 Å². The third-order valence-electron chi connectivity index (χ3n) is 3.87. The van der Waals surface area contributed by atoms with Gasteiger partial charge in [0.2, 0.25) is 0 Å². The highest BCUT2D eigenvalue weighted by Crippen LogP contribution is 2.43. The van der Waals surface area contributed by atoms with E-state index >= 15 is 0 Å². The number of nitrogens with zero attached hydrogens (tertiary/aromatic N) is 1. The highest BCUT2D eigenvalue weighted by atomic mass is 79.9. The number of benzene rings is 1. The fraction of sp³-hybridized carbons (Fsp3) is 0.538. The van der Waals surface area contributed by atoms with Crippen molar-refractivity contribution in [2.24, 2.45) is 5.41 Å². The summed E-state index contributed by atoms with van der Waals surface area (Å²) in [5, 5.41) is 14.1. The summed E-state index contributed by atoms with van der Waals surface area (Å²) in [5.74, 6) is 0.536. The van der Waals surface area contributed by atoms with Crippen LogP contribution in [0.4, 0.5) is 5.69 Å². The molecule has 1 saturated carbocycles. The number of hydrogen-bond donors (Lipinski definition) is 1. The Morgan fingerprint density at radius 3 is 2.68 bits per heavy atom. The Hall–Kier alpha value is -1.14. The zero-order valence-electron chi connectivity index (χ0n) is 11.1. The predicted molar refractivity (Wildman–Crippen MR) is 76.5 cm³/mol. The summed E-state index contributed by atoms with van der Waals surface area (Å²) < 4.78 is 6.55. The molecular formula is C13H17BrN2O3. The van der Waals surface area contributed by atoms with Gasteiger partial charge in [-0.2, -0.15) is 0 Å². The van der Waals surface area contributed by atoms with Gasteiger partial charge in [0, 0.05) is 28.4 Å². The van der Waals surface area contributed by atoms with E-state index in [1.54, 1.807) is 6.07 Å². The molecule has 6 heteroatoms. The number of rotatable bonds is 4. The van der Waals surface area contributed by atoms with E-state index in [1.165, 1.54) is 12.1 Å². The highest BCUT2D eigenvalue weighted by molar-refractivity contribution is 9.10. The van der Waals surface area contributed by atoms with Gasteiger partial charge in [-0.05, 0) is 13.1 Å². The first-order valence-electron chi connectivity index (χ1n) is 6.13. The van der Waals surface area contributed by atoms with Crippen LogP contribution in [0.25, 0.3) is 0 Å². The molecule has 5 nitrogen and oxygen atoms in total. The lowest BCUT2D eigenvalue weighted by molar-refractivity contribution is -0.385. The van der Waals surface area contributed by atoms with Gasteiger partial charge in [-0.25, -0.2) is 0 Å². The van der Waals surface area contributed by atoms with Crippen molar-refractivity contribution in [1.82, 2.24) is 5.32 Å². The molecule has 2 rings (SSSR count). The number of nitro benzene ring substituents is 1. The summed E-state index contributed by atoms with van der Waals surface area (Å²) in [5.41, 5.74) is 0.0536. The molecule has 2 unspecified atom stereocenters. The zero-order valence-corrected chi connectivity index (χ0v) is 12.7. The normalized spacial score (nSPS) is 24.6. The van der Waals surface area contributed by atoms with E-state index in [4.69, 9.17) is 4.74 Å².